The average Bonchev–Trinajstić information content (AvgIpc) is 3.39. The van der Waals surface area contributed by atoms with Gasteiger partial charge in [-0.3, -0.25) is 5.10 Å². The number of nitrogens with zero attached hydrogens (tertiary/aromatic N) is 4. The molecule has 0 aromatic carbocycles. The smallest absolute Gasteiger partial charge is 0.227 e. The predicted octanol–water partition coefficient (Wildman–Crippen LogP) is 3.10. The molecule has 0 atom stereocenters. The highest BCUT2D eigenvalue weighted by Gasteiger charge is 2.55. The molecule has 144 valence electrons. The number of aromatic nitrogens is 4. The molecule has 2 saturated carbocycles. The van der Waals surface area contributed by atoms with Crippen molar-refractivity contribution in [1.29, 1.82) is 0 Å². The van der Waals surface area contributed by atoms with Crippen LogP contribution in [0.25, 0.3) is 0 Å². The molecule has 2 aromatic rings. The van der Waals surface area contributed by atoms with Crippen molar-refractivity contribution in [2.75, 3.05) is 30.4 Å². The van der Waals surface area contributed by atoms with Crippen LogP contribution in [0.1, 0.15) is 55.7 Å². The van der Waals surface area contributed by atoms with Crippen LogP contribution in [0.2, 0.25) is 0 Å². The highest BCUT2D eigenvalue weighted by atomic mass is 15.3. The monoisotopic (exact) mass is 367 g/mol. The number of hydrogen-bond acceptors (Lipinski definition) is 6. The van der Waals surface area contributed by atoms with Crippen molar-refractivity contribution in [3.63, 3.8) is 0 Å². The largest absolute Gasteiger partial charge is 0.337 e. The summed E-state index contributed by atoms with van der Waals surface area (Å²) in [6.45, 7) is 4.17. The lowest BCUT2D eigenvalue weighted by atomic mass is 9.70. The van der Waals surface area contributed by atoms with E-state index in [1.807, 2.05) is 20.2 Å². The van der Waals surface area contributed by atoms with Gasteiger partial charge < -0.3 is 15.5 Å². The molecule has 0 radical (unpaired) electrons. The Morgan fingerprint density at radius 1 is 1.30 bits per heavy atom. The van der Waals surface area contributed by atoms with Gasteiger partial charge in [-0.1, -0.05) is 12.8 Å². The molecule has 4 aliphatic rings. The van der Waals surface area contributed by atoms with Crippen molar-refractivity contribution in [3.8, 4) is 0 Å². The molecule has 0 spiro atoms. The quantitative estimate of drug-likeness (QED) is 0.728. The lowest BCUT2D eigenvalue weighted by Crippen LogP contribution is -2.41. The van der Waals surface area contributed by atoms with Gasteiger partial charge >= 0.3 is 0 Å². The third-order valence-corrected chi connectivity index (χ3v) is 6.69. The summed E-state index contributed by atoms with van der Waals surface area (Å²) in [4.78, 5) is 11.9. The molecule has 2 aliphatic heterocycles. The summed E-state index contributed by atoms with van der Waals surface area (Å²) in [6.07, 6.45) is 9.61. The third kappa shape index (κ3) is 2.98. The molecule has 2 aromatic heterocycles. The van der Waals surface area contributed by atoms with Crippen LogP contribution < -0.4 is 15.5 Å². The number of aryl methyl sites for hydroxylation is 1. The van der Waals surface area contributed by atoms with Crippen LogP contribution in [0.4, 0.5) is 17.6 Å². The Hall–Kier alpha value is -2.15. The number of nitrogens with one attached hydrogen (secondary N) is 3. The Morgan fingerprint density at radius 3 is 2.89 bits per heavy atom. The first-order valence-electron chi connectivity index (χ1n) is 10.2. The SMILES string of the molecule is CNCC12CC(C1)N(c1ncc(C)c(Nc3cc(C4CCCC4)[nH]n3)n1)C2. The van der Waals surface area contributed by atoms with Gasteiger partial charge in [0.25, 0.3) is 0 Å². The molecule has 6 rings (SSSR count). The van der Waals surface area contributed by atoms with E-state index in [4.69, 9.17) is 4.98 Å². The van der Waals surface area contributed by atoms with Gasteiger partial charge in [0.05, 0.1) is 0 Å². The second kappa shape index (κ2) is 6.48. The summed E-state index contributed by atoms with van der Waals surface area (Å²) >= 11 is 0. The third-order valence-electron chi connectivity index (χ3n) is 6.69. The van der Waals surface area contributed by atoms with Gasteiger partial charge in [-0.05, 0) is 39.7 Å². The maximum absolute atomic E-state index is 4.85. The molecule has 4 heterocycles. The molecule has 27 heavy (non-hydrogen) atoms. The Kier molecular flexibility index (Phi) is 4.07. The number of aromatic amines is 1. The molecular formula is C20H29N7. The molecule has 2 saturated heterocycles. The van der Waals surface area contributed by atoms with Crippen LogP contribution in [0.3, 0.4) is 0 Å². The number of hydrogen-bond donors (Lipinski definition) is 3. The summed E-state index contributed by atoms with van der Waals surface area (Å²) in [5.41, 5.74) is 2.71. The maximum atomic E-state index is 4.85. The lowest BCUT2D eigenvalue weighted by Gasteiger charge is -2.36. The van der Waals surface area contributed by atoms with Crippen molar-refractivity contribution in [1.82, 2.24) is 25.5 Å². The van der Waals surface area contributed by atoms with Crippen LogP contribution >= 0.6 is 0 Å². The highest BCUT2D eigenvalue weighted by molar-refractivity contribution is 5.58. The van der Waals surface area contributed by atoms with Gasteiger partial charge in [0.2, 0.25) is 5.95 Å². The molecule has 2 bridgehead atoms. The second-order valence-corrected chi connectivity index (χ2v) is 8.74. The number of anilines is 3. The fourth-order valence-corrected chi connectivity index (χ4v) is 5.25. The average molecular weight is 368 g/mol. The van der Waals surface area contributed by atoms with E-state index in [0.717, 1.165) is 36.2 Å². The van der Waals surface area contributed by atoms with Crippen molar-refractivity contribution < 1.29 is 0 Å². The van der Waals surface area contributed by atoms with Gasteiger partial charge in [0.1, 0.15) is 5.82 Å². The normalized spacial score (nSPS) is 27.2. The molecular weight excluding hydrogens is 338 g/mol. The topological polar surface area (TPSA) is 81.8 Å². The van der Waals surface area contributed by atoms with Gasteiger partial charge in [-0.2, -0.15) is 10.1 Å². The standard InChI is InChI=1S/C20H29N7/c1-13-10-22-19(27-12-20(11-21-2)8-15(27)9-20)24-18(13)23-17-7-16(25-26-17)14-5-3-4-6-14/h7,10,14-15,21H,3-6,8-9,11-12H2,1-2H3,(H2,22,23,24,25,26). The van der Waals surface area contributed by atoms with E-state index in [1.54, 1.807) is 0 Å². The van der Waals surface area contributed by atoms with E-state index in [-0.39, 0.29) is 0 Å². The minimum atomic E-state index is 0.416. The number of H-pyrrole nitrogens is 1. The maximum Gasteiger partial charge on any atom is 0.227 e. The molecule has 3 N–H and O–H groups in total. The van der Waals surface area contributed by atoms with Gasteiger partial charge in [-0.15, -0.1) is 0 Å². The minimum Gasteiger partial charge on any atom is -0.337 e. The van der Waals surface area contributed by atoms with E-state index >= 15 is 0 Å². The summed E-state index contributed by atoms with van der Waals surface area (Å²) in [5, 5.41) is 14.4. The molecule has 2 aliphatic carbocycles. The molecule has 7 heteroatoms. The first-order chi connectivity index (χ1) is 13.2. The van der Waals surface area contributed by atoms with E-state index < -0.39 is 0 Å². The van der Waals surface area contributed by atoms with Crippen LogP contribution in [0, 0.1) is 12.3 Å². The minimum absolute atomic E-state index is 0.416. The van der Waals surface area contributed by atoms with Crippen LogP contribution in [0.5, 0.6) is 0 Å². The van der Waals surface area contributed by atoms with Crippen LogP contribution in [-0.2, 0) is 0 Å². The van der Waals surface area contributed by atoms with Crippen molar-refractivity contribution in [2.45, 2.75) is 57.4 Å². The summed E-state index contributed by atoms with van der Waals surface area (Å²) < 4.78 is 0. The van der Waals surface area contributed by atoms with Gasteiger partial charge in [0, 0.05) is 54.0 Å². The molecule has 4 fully saturated rings. The Labute approximate surface area is 160 Å². The fourth-order valence-electron chi connectivity index (χ4n) is 5.25. The zero-order valence-electron chi connectivity index (χ0n) is 16.3. The predicted molar refractivity (Wildman–Crippen MR) is 107 cm³/mol. The van der Waals surface area contributed by atoms with Crippen molar-refractivity contribution >= 4 is 17.6 Å². The molecule has 7 nitrogen and oxygen atoms in total. The Morgan fingerprint density at radius 2 is 2.11 bits per heavy atom. The summed E-state index contributed by atoms with van der Waals surface area (Å²) in [7, 11) is 2.04. The zero-order valence-corrected chi connectivity index (χ0v) is 16.3. The van der Waals surface area contributed by atoms with E-state index in [2.05, 4.69) is 36.8 Å². The van der Waals surface area contributed by atoms with E-state index in [1.165, 1.54) is 44.2 Å². The van der Waals surface area contributed by atoms with Crippen molar-refractivity contribution in [3.05, 3.63) is 23.5 Å². The first-order valence-corrected chi connectivity index (χ1v) is 10.2. The van der Waals surface area contributed by atoms with Crippen molar-refractivity contribution in [2.24, 2.45) is 5.41 Å². The highest BCUT2D eigenvalue weighted by Crippen LogP contribution is 2.52. The summed E-state index contributed by atoms with van der Waals surface area (Å²) in [6, 6.07) is 2.74. The Balaban J connectivity index is 1.33. The fraction of sp³-hybridized carbons (Fsp3) is 0.650. The van der Waals surface area contributed by atoms with Gasteiger partial charge in [-0.25, -0.2) is 4.98 Å². The van der Waals surface area contributed by atoms with E-state index in [9.17, 15) is 0 Å². The molecule has 0 amide bonds. The number of rotatable bonds is 6. The molecule has 0 unspecified atom stereocenters. The Bertz CT molecular complexity index is 817. The first kappa shape index (κ1) is 17.0. The van der Waals surface area contributed by atoms with Gasteiger partial charge in [0.15, 0.2) is 5.82 Å². The van der Waals surface area contributed by atoms with Crippen LogP contribution in [0.15, 0.2) is 12.3 Å². The lowest BCUT2D eigenvalue weighted by molar-refractivity contribution is 0.196. The van der Waals surface area contributed by atoms with E-state index in [0.29, 0.717) is 17.4 Å². The van der Waals surface area contributed by atoms with Crippen LogP contribution in [-0.4, -0.2) is 46.3 Å². The zero-order chi connectivity index (χ0) is 18.4. The second-order valence-electron chi connectivity index (χ2n) is 8.74. The number of fused-ring (bicyclic) bond motifs is 1. The summed E-state index contributed by atoms with van der Waals surface area (Å²) in [5.74, 6) is 3.18.